The molecule has 5 rings (SSSR count). The van der Waals surface area contributed by atoms with E-state index < -0.39 is 12.1 Å². The van der Waals surface area contributed by atoms with E-state index in [9.17, 15) is 13.2 Å². The zero-order chi connectivity index (χ0) is 26.6. The second-order valence-corrected chi connectivity index (χ2v) is 8.71. The highest BCUT2D eigenvalue weighted by Gasteiger charge is 2.38. The lowest BCUT2D eigenvalue weighted by Gasteiger charge is -2.22. The van der Waals surface area contributed by atoms with Crippen LogP contribution in [-0.2, 0) is 11.3 Å². The van der Waals surface area contributed by atoms with Gasteiger partial charge in [-0.3, -0.25) is 0 Å². The van der Waals surface area contributed by atoms with Crippen LogP contribution in [0.15, 0.2) is 48.5 Å². The molecule has 11 heteroatoms. The fraction of sp³-hybridized carbons (Fsp3) is 0.308. The van der Waals surface area contributed by atoms with Crippen molar-refractivity contribution in [2.45, 2.75) is 38.5 Å². The number of carbonyl (C=O) groups is 1. The number of hydrogen-bond acceptors (Lipinski definition) is 6. The molecule has 0 bridgehead atoms. The fourth-order valence-corrected chi connectivity index (χ4v) is 4.44. The van der Waals surface area contributed by atoms with Crippen LogP contribution < -0.4 is 10.6 Å². The van der Waals surface area contributed by atoms with E-state index in [1.165, 1.54) is 22.3 Å². The summed E-state index contributed by atoms with van der Waals surface area (Å²) in [6.45, 7) is 4.78. The Morgan fingerprint density at radius 3 is 2.59 bits per heavy atom. The van der Waals surface area contributed by atoms with Gasteiger partial charge in [-0.15, -0.1) is 5.10 Å². The summed E-state index contributed by atoms with van der Waals surface area (Å²) in [5.74, 6) is -2.76. The van der Waals surface area contributed by atoms with Crippen LogP contribution in [0.3, 0.4) is 0 Å². The third kappa shape index (κ3) is 5.98. The minimum atomic E-state index is -5.08. The van der Waals surface area contributed by atoms with Gasteiger partial charge in [0, 0.05) is 24.3 Å². The molecular formula is C26H25F3N6O2. The summed E-state index contributed by atoms with van der Waals surface area (Å²) in [6.07, 6.45) is -0.833. The summed E-state index contributed by atoms with van der Waals surface area (Å²) >= 11 is 0. The van der Waals surface area contributed by atoms with Gasteiger partial charge in [-0.05, 0) is 73.3 Å². The van der Waals surface area contributed by atoms with E-state index >= 15 is 0 Å². The van der Waals surface area contributed by atoms with Gasteiger partial charge in [0.05, 0.1) is 29.1 Å². The number of hydrogen-bond donors (Lipinski definition) is 3. The number of halogens is 3. The van der Waals surface area contributed by atoms with Crippen LogP contribution in [0.2, 0.25) is 0 Å². The lowest BCUT2D eigenvalue weighted by Crippen LogP contribution is -2.21. The van der Waals surface area contributed by atoms with E-state index in [2.05, 4.69) is 51.3 Å². The Labute approximate surface area is 211 Å². The van der Waals surface area contributed by atoms with Crippen LogP contribution in [0.4, 0.5) is 18.9 Å². The molecule has 1 aromatic heterocycles. The highest BCUT2D eigenvalue weighted by molar-refractivity contribution is 5.75. The number of nitrogens with zero attached hydrogens (tertiary/aromatic N) is 4. The molecule has 3 aromatic rings. The van der Waals surface area contributed by atoms with Gasteiger partial charge in [0.15, 0.2) is 0 Å². The van der Waals surface area contributed by atoms with Gasteiger partial charge in [-0.1, -0.05) is 23.4 Å². The highest BCUT2D eigenvalue weighted by Crippen LogP contribution is 2.38. The van der Waals surface area contributed by atoms with Crippen LogP contribution in [0.5, 0.6) is 0 Å². The molecule has 1 atom stereocenters. The molecule has 0 radical (unpaired) electrons. The van der Waals surface area contributed by atoms with E-state index in [0.717, 1.165) is 49.6 Å². The predicted octanol–water partition coefficient (Wildman–Crippen LogP) is 4.69. The molecule has 2 aromatic carbocycles. The molecule has 0 saturated carbocycles. The van der Waals surface area contributed by atoms with Gasteiger partial charge in [0.1, 0.15) is 0 Å². The second-order valence-electron chi connectivity index (χ2n) is 8.71. The maximum absolute atomic E-state index is 10.6. The van der Waals surface area contributed by atoms with Gasteiger partial charge in [-0.2, -0.15) is 18.4 Å². The standard InChI is InChI=1S/C24H24N6.C2HF3O2/c1-16-24-21-7-4-19(18-8-11-26-12-9-18)14-22(21)23(10-13-30(24)29-28-16)27-20-5-2-17(15-25)3-6-20;3-2(4,5)1(6)7/h2-8,14,23,26-27H,9-13H2,1H3;(H,6,7). The summed E-state index contributed by atoms with van der Waals surface area (Å²) in [4.78, 5) is 8.90. The number of fused-ring (bicyclic) bond motifs is 3. The first kappa shape index (κ1) is 25.9. The summed E-state index contributed by atoms with van der Waals surface area (Å²) in [5.41, 5.74) is 8.93. The van der Waals surface area contributed by atoms with Gasteiger partial charge < -0.3 is 15.7 Å². The van der Waals surface area contributed by atoms with Crippen molar-refractivity contribution in [1.82, 2.24) is 20.3 Å². The van der Waals surface area contributed by atoms with Crippen LogP contribution in [0.25, 0.3) is 16.8 Å². The van der Waals surface area contributed by atoms with E-state index in [1.807, 2.05) is 35.9 Å². The number of rotatable bonds is 3. The third-order valence-electron chi connectivity index (χ3n) is 6.25. The van der Waals surface area contributed by atoms with E-state index in [0.29, 0.717) is 5.56 Å². The molecular weight excluding hydrogens is 485 g/mol. The van der Waals surface area contributed by atoms with Gasteiger partial charge >= 0.3 is 12.1 Å². The van der Waals surface area contributed by atoms with Crippen molar-refractivity contribution in [1.29, 1.82) is 5.26 Å². The maximum Gasteiger partial charge on any atom is 0.490 e. The maximum atomic E-state index is 10.6. The number of aromatic nitrogens is 3. The monoisotopic (exact) mass is 510 g/mol. The molecule has 3 N–H and O–H groups in total. The third-order valence-corrected chi connectivity index (χ3v) is 6.25. The zero-order valence-corrected chi connectivity index (χ0v) is 20.0. The zero-order valence-electron chi connectivity index (χ0n) is 20.0. The first-order valence-corrected chi connectivity index (χ1v) is 11.7. The van der Waals surface area contributed by atoms with Crippen LogP contribution >= 0.6 is 0 Å². The van der Waals surface area contributed by atoms with Crippen molar-refractivity contribution in [3.8, 4) is 17.3 Å². The van der Waals surface area contributed by atoms with Crippen LogP contribution in [-0.4, -0.2) is 45.3 Å². The number of nitriles is 1. The first-order chi connectivity index (χ1) is 17.7. The van der Waals surface area contributed by atoms with Crippen molar-refractivity contribution in [3.05, 3.63) is 70.9 Å². The molecule has 1 unspecified atom stereocenters. The van der Waals surface area contributed by atoms with Crippen molar-refractivity contribution in [2.75, 3.05) is 18.4 Å². The second kappa shape index (κ2) is 10.8. The Bertz CT molecular complexity index is 1360. The molecule has 0 amide bonds. The number of alkyl halides is 3. The number of anilines is 1. The number of carboxylic acids is 1. The Morgan fingerprint density at radius 1 is 1.24 bits per heavy atom. The minimum Gasteiger partial charge on any atom is -0.475 e. The fourth-order valence-electron chi connectivity index (χ4n) is 4.44. The molecule has 8 nitrogen and oxygen atoms in total. The van der Waals surface area contributed by atoms with Gasteiger partial charge in [0.2, 0.25) is 0 Å². The average Bonchev–Trinajstić information content (AvgIpc) is 3.18. The van der Waals surface area contributed by atoms with Gasteiger partial charge in [0.25, 0.3) is 0 Å². The van der Waals surface area contributed by atoms with Crippen molar-refractivity contribution < 1.29 is 23.1 Å². The smallest absolute Gasteiger partial charge is 0.475 e. The highest BCUT2D eigenvalue weighted by atomic mass is 19.4. The molecule has 0 aliphatic carbocycles. The van der Waals surface area contributed by atoms with Crippen molar-refractivity contribution in [2.24, 2.45) is 0 Å². The predicted molar refractivity (Wildman–Crippen MR) is 131 cm³/mol. The Kier molecular flexibility index (Phi) is 7.59. The number of benzene rings is 2. The molecule has 2 aliphatic rings. The van der Waals surface area contributed by atoms with E-state index in [1.54, 1.807) is 0 Å². The number of aliphatic carboxylic acids is 1. The SMILES string of the molecule is Cc1nnn2c1-c1ccc(C3=CCNCC3)cc1C(Nc1ccc(C#N)cc1)CC2.O=C(O)C(F)(F)F. The normalized spacial score (nSPS) is 16.6. The van der Waals surface area contributed by atoms with Crippen LogP contribution in [0, 0.1) is 18.3 Å². The largest absolute Gasteiger partial charge is 0.490 e. The molecule has 0 saturated heterocycles. The Balaban J connectivity index is 0.000000405. The summed E-state index contributed by atoms with van der Waals surface area (Å²) < 4.78 is 33.8. The summed E-state index contributed by atoms with van der Waals surface area (Å²) in [7, 11) is 0. The summed E-state index contributed by atoms with van der Waals surface area (Å²) in [6, 6.07) is 16.8. The van der Waals surface area contributed by atoms with E-state index in [-0.39, 0.29) is 6.04 Å². The summed E-state index contributed by atoms with van der Waals surface area (Å²) in [5, 5.41) is 32.0. The Morgan fingerprint density at radius 2 is 1.97 bits per heavy atom. The molecule has 0 fully saturated rings. The molecule has 37 heavy (non-hydrogen) atoms. The number of aryl methyl sites for hydroxylation is 2. The topological polar surface area (TPSA) is 116 Å². The minimum absolute atomic E-state index is 0.149. The van der Waals surface area contributed by atoms with E-state index in [4.69, 9.17) is 15.2 Å². The quantitative estimate of drug-likeness (QED) is 0.468. The average molecular weight is 511 g/mol. The number of nitrogens with one attached hydrogen (secondary N) is 2. The van der Waals surface area contributed by atoms with Crippen LogP contribution in [0.1, 0.15) is 41.3 Å². The lowest BCUT2D eigenvalue weighted by atomic mass is 9.90. The lowest BCUT2D eigenvalue weighted by molar-refractivity contribution is -0.192. The molecule has 0 spiro atoms. The van der Waals surface area contributed by atoms with Gasteiger partial charge in [-0.25, -0.2) is 9.48 Å². The number of carboxylic acid groups (broad SMARTS) is 1. The molecule has 3 heterocycles. The van der Waals surface area contributed by atoms with Crippen molar-refractivity contribution in [3.63, 3.8) is 0 Å². The molecule has 192 valence electrons. The Hall–Kier alpha value is -4.17. The first-order valence-electron chi connectivity index (χ1n) is 11.7. The van der Waals surface area contributed by atoms with Crippen molar-refractivity contribution >= 4 is 17.2 Å². The molecule has 2 aliphatic heterocycles.